The van der Waals surface area contributed by atoms with Gasteiger partial charge in [0.05, 0.1) is 0 Å². The van der Waals surface area contributed by atoms with Gasteiger partial charge in [0.2, 0.25) is 5.91 Å². The van der Waals surface area contributed by atoms with Crippen LogP contribution in [0.25, 0.3) is 22.4 Å². The molecular formula is C23H24N4O3. The zero-order valence-electron chi connectivity index (χ0n) is 17.0. The van der Waals surface area contributed by atoms with Crippen LogP contribution in [0.5, 0.6) is 5.75 Å². The predicted octanol–water partition coefficient (Wildman–Crippen LogP) is 3.96. The van der Waals surface area contributed by atoms with E-state index in [0.29, 0.717) is 25.4 Å². The number of furan rings is 1. The molecule has 2 N–H and O–H groups in total. The van der Waals surface area contributed by atoms with Crippen molar-refractivity contribution in [2.45, 2.75) is 13.5 Å². The highest BCUT2D eigenvalue weighted by atomic mass is 16.5. The molecule has 0 atom stereocenters. The average molecular weight is 404 g/mol. The maximum Gasteiger partial charge on any atom is 0.221 e. The zero-order valence-corrected chi connectivity index (χ0v) is 17.0. The molecule has 0 unspecified atom stereocenters. The molecule has 0 saturated carbocycles. The summed E-state index contributed by atoms with van der Waals surface area (Å²) in [5.41, 5.74) is 3.47. The predicted molar refractivity (Wildman–Crippen MR) is 116 cm³/mol. The van der Waals surface area contributed by atoms with Crippen LogP contribution in [0.1, 0.15) is 12.5 Å². The van der Waals surface area contributed by atoms with Crippen LogP contribution in [0.4, 0.5) is 5.69 Å². The van der Waals surface area contributed by atoms with Crippen LogP contribution in [0.2, 0.25) is 0 Å². The Labute approximate surface area is 174 Å². The molecule has 0 fully saturated rings. The number of amides is 1. The third-order valence-corrected chi connectivity index (χ3v) is 4.58. The fourth-order valence-electron chi connectivity index (χ4n) is 3.30. The number of hydrogen-bond donors (Lipinski definition) is 2. The summed E-state index contributed by atoms with van der Waals surface area (Å²) in [4.78, 5) is 11.2. The Morgan fingerprint density at radius 1 is 1.17 bits per heavy atom. The van der Waals surface area contributed by atoms with Gasteiger partial charge in [0.1, 0.15) is 23.6 Å². The van der Waals surface area contributed by atoms with Crippen molar-refractivity contribution in [2.24, 2.45) is 7.05 Å². The number of nitrogens with one attached hydrogen (secondary N) is 2. The van der Waals surface area contributed by atoms with E-state index in [-0.39, 0.29) is 5.91 Å². The number of ether oxygens (including phenoxy) is 1. The van der Waals surface area contributed by atoms with Gasteiger partial charge in [-0.05, 0) is 24.3 Å². The van der Waals surface area contributed by atoms with Gasteiger partial charge in [-0.3, -0.25) is 9.48 Å². The summed E-state index contributed by atoms with van der Waals surface area (Å²) >= 11 is 0. The standard InChI is InChI=1S/C23H24N4O3/c1-16(28)25-19-7-5-8-20(13-19)29-11-10-24-14-18-15-27(2)26-23(18)22-12-17-6-3-4-9-21(17)30-22/h3-9,12-13,15,24H,10-11,14H2,1-2H3,(H,25,28). The van der Waals surface area contributed by atoms with E-state index in [1.54, 1.807) is 4.68 Å². The first-order chi connectivity index (χ1) is 14.6. The summed E-state index contributed by atoms with van der Waals surface area (Å²) in [6, 6.07) is 17.3. The Bertz CT molecular complexity index is 1130. The monoisotopic (exact) mass is 404 g/mol. The molecule has 0 aliphatic carbocycles. The van der Waals surface area contributed by atoms with Crippen LogP contribution in [0.3, 0.4) is 0 Å². The van der Waals surface area contributed by atoms with Crippen LogP contribution in [0.15, 0.2) is 65.2 Å². The number of anilines is 1. The molecule has 2 aromatic carbocycles. The quantitative estimate of drug-likeness (QED) is 0.435. The van der Waals surface area contributed by atoms with Crippen molar-refractivity contribution in [2.75, 3.05) is 18.5 Å². The molecule has 0 radical (unpaired) electrons. The molecule has 0 saturated heterocycles. The van der Waals surface area contributed by atoms with E-state index < -0.39 is 0 Å². The van der Waals surface area contributed by atoms with Crippen molar-refractivity contribution < 1.29 is 13.9 Å². The van der Waals surface area contributed by atoms with Gasteiger partial charge in [-0.15, -0.1) is 0 Å². The largest absolute Gasteiger partial charge is 0.492 e. The molecule has 0 aliphatic heterocycles. The Hall–Kier alpha value is -3.58. The molecule has 7 heteroatoms. The van der Waals surface area contributed by atoms with E-state index in [1.807, 2.05) is 67.8 Å². The topological polar surface area (TPSA) is 81.3 Å². The first kappa shape index (κ1) is 19.7. The van der Waals surface area contributed by atoms with E-state index in [0.717, 1.165) is 33.7 Å². The maximum atomic E-state index is 11.2. The van der Waals surface area contributed by atoms with Crippen molar-refractivity contribution in [3.8, 4) is 17.2 Å². The van der Waals surface area contributed by atoms with Gasteiger partial charge in [-0.1, -0.05) is 24.3 Å². The van der Waals surface area contributed by atoms with Gasteiger partial charge in [-0.25, -0.2) is 0 Å². The molecule has 0 bridgehead atoms. The maximum absolute atomic E-state index is 11.2. The van der Waals surface area contributed by atoms with E-state index in [4.69, 9.17) is 9.15 Å². The van der Waals surface area contributed by atoms with Crippen LogP contribution < -0.4 is 15.4 Å². The van der Waals surface area contributed by atoms with Crippen LogP contribution in [-0.2, 0) is 18.4 Å². The molecule has 4 rings (SSSR count). The number of hydrogen-bond acceptors (Lipinski definition) is 5. The Morgan fingerprint density at radius 3 is 2.87 bits per heavy atom. The molecule has 0 spiro atoms. The molecule has 154 valence electrons. The van der Waals surface area contributed by atoms with Gasteiger partial charge >= 0.3 is 0 Å². The number of benzene rings is 2. The van der Waals surface area contributed by atoms with E-state index in [9.17, 15) is 4.79 Å². The fraction of sp³-hybridized carbons (Fsp3) is 0.217. The molecular weight excluding hydrogens is 380 g/mol. The second-order valence-corrected chi connectivity index (χ2v) is 7.06. The van der Waals surface area contributed by atoms with Crippen molar-refractivity contribution in [3.63, 3.8) is 0 Å². The summed E-state index contributed by atoms with van der Waals surface area (Å²) in [5.74, 6) is 1.37. The van der Waals surface area contributed by atoms with Crippen molar-refractivity contribution in [3.05, 3.63) is 66.4 Å². The van der Waals surface area contributed by atoms with Crippen molar-refractivity contribution in [1.29, 1.82) is 0 Å². The second-order valence-electron chi connectivity index (χ2n) is 7.06. The summed E-state index contributed by atoms with van der Waals surface area (Å²) in [5, 5.41) is 11.8. The van der Waals surface area contributed by atoms with E-state index in [1.165, 1.54) is 6.92 Å². The number of aromatic nitrogens is 2. The number of nitrogens with zero attached hydrogens (tertiary/aromatic N) is 2. The lowest BCUT2D eigenvalue weighted by Crippen LogP contribution is -2.20. The van der Waals surface area contributed by atoms with Gasteiger partial charge in [-0.2, -0.15) is 5.10 Å². The SMILES string of the molecule is CC(=O)Nc1cccc(OCCNCc2cn(C)nc2-c2cc3ccccc3o2)c1. The molecule has 4 aromatic rings. The Morgan fingerprint density at radius 2 is 2.03 bits per heavy atom. The third-order valence-electron chi connectivity index (χ3n) is 4.58. The second kappa shape index (κ2) is 8.84. The molecule has 7 nitrogen and oxygen atoms in total. The van der Waals surface area contributed by atoms with Gasteiger partial charge in [0, 0.05) is 56.0 Å². The average Bonchev–Trinajstić information content (AvgIpc) is 3.30. The molecule has 2 heterocycles. The molecule has 1 amide bonds. The normalized spacial score (nSPS) is 11.0. The number of rotatable bonds is 8. The van der Waals surface area contributed by atoms with Gasteiger partial charge in [0.25, 0.3) is 0 Å². The number of fused-ring (bicyclic) bond motifs is 1. The summed E-state index contributed by atoms with van der Waals surface area (Å²) in [6.07, 6.45) is 1.99. The molecule has 0 aliphatic rings. The van der Waals surface area contributed by atoms with Crippen molar-refractivity contribution >= 4 is 22.6 Å². The lowest BCUT2D eigenvalue weighted by atomic mass is 10.2. The number of aryl methyl sites for hydroxylation is 1. The van der Waals surface area contributed by atoms with Crippen LogP contribution in [0, 0.1) is 0 Å². The minimum absolute atomic E-state index is 0.106. The number of para-hydroxylation sites is 1. The smallest absolute Gasteiger partial charge is 0.221 e. The fourth-order valence-corrected chi connectivity index (χ4v) is 3.30. The van der Waals surface area contributed by atoms with Crippen molar-refractivity contribution in [1.82, 2.24) is 15.1 Å². The van der Waals surface area contributed by atoms with Crippen LogP contribution >= 0.6 is 0 Å². The first-order valence-electron chi connectivity index (χ1n) is 9.81. The summed E-state index contributed by atoms with van der Waals surface area (Å²) in [6.45, 7) is 3.30. The Kier molecular flexibility index (Phi) is 5.81. The highest BCUT2D eigenvalue weighted by Crippen LogP contribution is 2.28. The molecule has 2 aromatic heterocycles. The Balaban J connectivity index is 1.33. The summed E-state index contributed by atoms with van der Waals surface area (Å²) < 4.78 is 13.5. The third kappa shape index (κ3) is 4.69. The highest BCUT2D eigenvalue weighted by molar-refractivity contribution is 5.88. The number of carbonyl (C=O) groups excluding carboxylic acids is 1. The zero-order chi connectivity index (χ0) is 20.9. The summed E-state index contributed by atoms with van der Waals surface area (Å²) in [7, 11) is 1.90. The van der Waals surface area contributed by atoms with E-state index >= 15 is 0 Å². The van der Waals surface area contributed by atoms with Crippen LogP contribution in [-0.4, -0.2) is 28.8 Å². The highest BCUT2D eigenvalue weighted by Gasteiger charge is 2.14. The minimum atomic E-state index is -0.106. The lowest BCUT2D eigenvalue weighted by Gasteiger charge is -2.09. The lowest BCUT2D eigenvalue weighted by molar-refractivity contribution is -0.114. The van der Waals surface area contributed by atoms with E-state index in [2.05, 4.69) is 15.7 Å². The number of carbonyl (C=O) groups is 1. The van der Waals surface area contributed by atoms with Gasteiger partial charge < -0.3 is 19.8 Å². The first-order valence-corrected chi connectivity index (χ1v) is 9.81. The molecule has 30 heavy (non-hydrogen) atoms. The minimum Gasteiger partial charge on any atom is -0.492 e. The van der Waals surface area contributed by atoms with Gasteiger partial charge in [0.15, 0.2) is 5.76 Å².